The van der Waals surface area contributed by atoms with Crippen molar-refractivity contribution in [2.75, 3.05) is 6.61 Å². The highest BCUT2D eigenvalue weighted by atomic mass is 16.5. The number of Topliss-reactive ketones (excluding diaryl/α,β-unsaturated/α-hetero) is 1. The fourth-order valence-electron chi connectivity index (χ4n) is 3.58. The molecule has 0 heterocycles. The van der Waals surface area contributed by atoms with Crippen LogP contribution in [0.5, 0.6) is 0 Å². The van der Waals surface area contributed by atoms with Crippen molar-refractivity contribution in [2.24, 2.45) is 5.92 Å². The van der Waals surface area contributed by atoms with Crippen LogP contribution in [0, 0.1) is 5.92 Å². The van der Waals surface area contributed by atoms with Crippen molar-refractivity contribution in [3.8, 4) is 0 Å². The number of hydrogen-bond donors (Lipinski definition) is 0. The summed E-state index contributed by atoms with van der Waals surface area (Å²) in [6, 6.07) is 0. The molecule has 0 spiro atoms. The van der Waals surface area contributed by atoms with Gasteiger partial charge < -0.3 is 4.74 Å². The van der Waals surface area contributed by atoms with Crippen molar-refractivity contribution >= 4 is 5.78 Å². The van der Waals surface area contributed by atoms with Gasteiger partial charge in [0.2, 0.25) is 0 Å². The zero-order valence-electron chi connectivity index (χ0n) is 11.2. The molecule has 2 nitrogen and oxygen atoms in total. The van der Waals surface area contributed by atoms with Crippen molar-refractivity contribution in [2.45, 2.75) is 76.7 Å². The zero-order valence-corrected chi connectivity index (χ0v) is 11.2. The first-order valence-corrected chi connectivity index (χ1v) is 7.47. The molecule has 2 saturated carbocycles. The van der Waals surface area contributed by atoms with Gasteiger partial charge in [-0.3, -0.25) is 4.79 Å². The van der Waals surface area contributed by atoms with E-state index in [1.54, 1.807) is 0 Å². The summed E-state index contributed by atoms with van der Waals surface area (Å²) in [6.45, 7) is 2.88. The van der Waals surface area contributed by atoms with Crippen LogP contribution in [0.25, 0.3) is 0 Å². The number of ketones is 1. The molecule has 0 amide bonds. The van der Waals surface area contributed by atoms with Crippen LogP contribution in [0.4, 0.5) is 0 Å². The molecule has 0 radical (unpaired) electrons. The van der Waals surface area contributed by atoms with E-state index in [1.165, 1.54) is 38.5 Å². The molecule has 2 heteroatoms. The van der Waals surface area contributed by atoms with Gasteiger partial charge in [-0.1, -0.05) is 26.2 Å². The highest BCUT2D eigenvalue weighted by Gasteiger charge is 2.47. The number of carbonyl (C=O) groups excluding carboxylic acids is 1. The lowest BCUT2D eigenvalue weighted by molar-refractivity contribution is -0.162. The summed E-state index contributed by atoms with van der Waals surface area (Å²) in [5.41, 5.74) is -0.380. The largest absolute Gasteiger partial charge is 0.367 e. The van der Waals surface area contributed by atoms with Gasteiger partial charge in [0.1, 0.15) is 5.60 Å². The second-order valence-corrected chi connectivity index (χ2v) is 5.70. The van der Waals surface area contributed by atoms with Gasteiger partial charge in [-0.15, -0.1) is 0 Å². The Labute approximate surface area is 105 Å². The minimum absolute atomic E-state index is 0.380. The van der Waals surface area contributed by atoms with Crippen LogP contribution in [0.3, 0.4) is 0 Å². The van der Waals surface area contributed by atoms with Crippen molar-refractivity contribution in [3.63, 3.8) is 0 Å². The molecule has 17 heavy (non-hydrogen) atoms. The molecule has 1 atom stereocenters. The molecule has 0 aromatic rings. The second kappa shape index (κ2) is 5.99. The lowest BCUT2D eigenvalue weighted by atomic mass is 9.69. The Hall–Kier alpha value is -0.370. The fraction of sp³-hybridized carbons (Fsp3) is 0.933. The summed E-state index contributed by atoms with van der Waals surface area (Å²) in [6.07, 6.45) is 11.3. The van der Waals surface area contributed by atoms with Crippen LogP contribution in [-0.4, -0.2) is 18.0 Å². The molecular formula is C15H26O2. The normalized spacial score (nSPS) is 31.7. The third-order valence-corrected chi connectivity index (χ3v) is 4.50. The Morgan fingerprint density at radius 3 is 2.59 bits per heavy atom. The zero-order chi connectivity index (χ0) is 12.1. The second-order valence-electron chi connectivity index (χ2n) is 5.70. The Bertz CT molecular complexity index is 256. The summed E-state index contributed by atoms with van der Waals surface area (Å²) >= 11 is 0. The van der Waals surface area contributed by atoms with E-state index in [0.717, 1.165) is 32.3 Å². The van der Waals surface area contributed by atoms with Crippen molar-refractivity contribution in [1.82, 2.24) is 0 Å². The Kier molecular flexibility index (Phi) is 4.61. The molecule has 2 aliphatic rings. The monoisotopic (exact) mass is 238 g/mol. The summed E-state index contributed by atoms with van der Waals surface area (Å²) in [5.74, 6) is 0.916. The van der Waals surface area contributed by atoms with E-state index in [0.29, 0.717) is 11.7 Å². The lowest BCUT2D eigenvalue weighted by Crippen LogP contribution is -2.51. The summed E-state index contributed by atoms with van der Waals surface area (Å²) < 4.78 is 6.12. The molecule has 2 fully saturated rings. The van der Waals surface area contributed by atoms with Crippen LogP contribution in [0.2, 0.25) is 0 Å². The van der Waals surface area contributed by atoms with E-state index < -0.39 is 0 Å². The maximum Gasteiger partial charge on any atom is 0.164 e. The van der Waals surface area contributed by atoms with Crippen molar-refractivity contribution < 1.29 is 9.53 Å². The highest BCUT2D eigenvalue weighted by Crippen LogP contribution is 2.42. The van der Waals surface area contributed by atoms with E-state index in [1.807, 2.05) is 0 Å². The summed E-state index contributed by atoms with van der Waals surface area (Å²) in [7, 11) is 0. The van der Waals surface area contributed by atoms with Gasteiger partial charge in [0.25, 0.3) is 0 Å². The predicted octanol–water partition coefficient (Wildman–Crippen LogP) is 3.88. The van der Waals surface area contributed by atoms with Crippen LogP contribution in [0.15, 0.2) is 0 Å². The van der Waals surface area contributed by atoms with Gasteiger partial charge in [0, 0.05) is 13.0 Å². The average molecular weight is 238 g/mol. The standard InChI is InChI=1S/C15H26O2/c1-2-12-17-15(11-7-6-10-14(15)16)13-8-4-3-5-9-13/h13H,2-12H2,1H3. The Morgan fingerprint density at radius 2 is 1.94 bits per heavy atom. The molecule has 0 aromatic heterocycles. The molecular weight excluding hydrogens is 212 g/mol. The van der Waals surface area contributed by atoms with Crippen LogP contribution < -0.4 is 0 Å². The SMILES string of the molecule is CCCOC1(C2CCCCC2)CCCCC1=O. The fourth-order valence-corrected chi connectivity index (χ4v) is 3.58. The van der Waals surface area contributed by atoms with E-state index >= 15 is 0 Å². The van der Waals surface area contributed by atoms with Gasteiger partial charge in [0.05, 0.1) is 0 Å². The van der Waals surface area contributed by atoms with E-state index in [2.05, 4.69) is 6.92 Å². The van der Waals surface area contributed by atoms with Gasteiger partial charge in [-0.05, 0) is 44.4 Å². The smallest absolute Gasteiger partial charge is 0.164 e. The van der Waals surface area contributed by atoms with Gasteiger partial charge in [-0.25, -0.2) is 0 Å². The number of ether oxygens (including phenoxy) is 1. The number of hydrogen-bond acceptors (Lipinski definition) is 2. The molecule has 0 saturated heterocycles. The molecule has 0 aromatic carbocycles. The minimum atomic E-state index is -0.380. The first-order valence-electron chi connectivity index (χ1n) is 7.47. The maximum absolute atomic E-state index is 12.4. The van der Waals surface area contributed by atoms with E-state index in [9.17, 15) is 4.79 Å². The first kappa shape index (κ1) is 13.1. The number of carbonyl (C=O) groups is 1. The highest BCUT2D eigenvalue weighted by molar-refractivity contribution is 5.88. The van der Waals surface area contributed by atoms with Crippen LogP contribution in [0.1, 0.15) is 71.1 Å². The lowest BCUT2D eigenvalue weighted by Gasteiger charge is -2.43. The van der Waals surface area contributed by atoms with Crippen LogP contribution >= 0.6 is 0 Å². The van der Waals surface area contributed by atoms with Crippen LogP contribution in [-0.2, 0) is 9.53 Å². The summed E-state index contributed by atoms with van der Waals surface area (Å²) in [5, 5.41) is 0. The summed E-state index contributed by atoms with van der Waals surface area (Å²) in [4.78, 5) is 12.4. The molecule has 2 rings (SSSR count). The quantitative estimate of drug-likeness (QED) is 0.743. The van der Waals surface area contributed by atoms with E-state index in [4.69, 9.17) is 4.74 Å². The predicted molar refractivity (Wildman–Crippen MR) is 69.0 cm³/mol. The van der Waals surface area contributed by atoms with Crippen molar-refractivity contribution in [1.29, 1.82) is 0 Å². The average Bonchev–Trinajstić information content (AvgIpc) is 2.39. The van der Waals surface area contributed by atoms with Crippen molar-refractivity contribution in [3.05, 3.63) is 0 Å². The number of rotatable bonds is 4. The van der Waals surface area contributed by atoms with E-state index in [-0.39, 0.29) is 5.60 Å². The molecule has 0 N–H and O–H groups in total. The molecule has 98 valence electrons. The maximum atomic E-state index is 12.4. The van der Waals surface area contributed by atoms with Gasteiger partial charge in [-0.2, -0.15) is 0 Å². The Morgan fingerprint density at radius 1 is 1.18 bits per heavy atom. The first-order chi connectivity index (χ1) is 8.29. The third-order valence-electron chi connectivity index (χ3n) is 4.50. The Balaban J connectivity index is 2.11. The molecule has 2 aliphatic carbocycles. The van der Waals surface area contributed by atoms with Gasteiger partial charge in [0.15, 0.2) is 5.78 Å². The molecule has 0 aliphatic heterocycles. The molecule has 0 bridgehead atoms. The third kappa shape index (κ3) is 2.73. The molecule has 1 unspecified atom stereocenters. The minimum Gasteiger partial charge on any atom is -0.367 e. The topological polar surface area (TPSA) is 26.3 Å². The van der Waals surface area contributed by atoms with Gasteiger partial charge >= 0.3 is 0 Å².